The fourth-order valence-electron chi connectivity index (χ4n) is 6.21. The molecule has 0 spiro atoms. The lowest BCUT2D eigenvalue weighted by Gasteiger charge is -2.50. The van der Waals surface area contributed by atoms with E-state index in [9.17, 15) is 9.90 Å². The third-order valence-corrected chi connectivity index (χ3v) is 8.05. The second-order valence-electron chi connectivity index (χ2n) is 10.0. The average Bonchev–Trinajstić information content (AvgIpc) is 3.00. The summed E-state index contributed by atoms with van der Waals surface area (Å²) < 4.78 is 5.65. The number of likely N-dealkylation sites (N-methyl/N-ethyl adjacent to an activating group) is 2. The highest BCUT2D eigenvalue weighted by Gasteiger charge is 2.54. The van der Waals surface area contributed by atoms with E-state index in [1.54, 1.807) is 11.9 Å². The van der Waals surface area contributed by atoms with E-state index in [1.807, 2.05) is 20.2 Å². The molecule has 5 atom stereocenters. The van der Waals surface area contributed by atoms with E-state index in [-0.39, 0.29) is 17.6 Å². The summed E-state index contributed by atoms with van der Waals surface area (Å²) in [6.07, 6.45) is 6.22. The molecule has 0 aromatic heterocycles. The number of rotatable bonds is 4. The Morgan fingerprint density at radius 1 is 1.17 bits per heavy atom. The van der Waals surface area contributed by atoms with Gasteiger partial charge in [-0.05, 0) is 99.0 Å². The van der Waals surface area contributed by atoms with Crippen molar-refractivity contribution in [3.63, 3.8) is 0 Å². The number of amides is 1. The van der Waals surface area contributed by atoms with Gasteiger partial charge in [-0.1, -0.05) is 13.0 Å². The van der Waals surface area contributed by atoms with Crippen LogP contribution in [-0.2, 0) is 6.42 Å². The Balaban J connectivity index is 1.46. The Kier molecular flexibility index (Phi) is 5.64. The molecular formula is C24H36N2O3. The molecule has 0 saturated heterocycles. The van der Waals surface area contributed by atoms with Crippen LogP contribution in [0.2, 0.25) is 0 Å². The van der Waals surface area contributed by atoms with Crippen LogP contribution in [0.5, 0.6) is 5.75 Å². The predicted molar refractivity (Wildman–Crippen MR) is 114 cm³/mol. The minimum absolute atomic E-state index is 0.116. The van der Waals surface area contributed by atoms with Crippen molar-refractivity contribution in [3.05, 3.63) is 29.3 Å². The molecule has 2 fully saturated rings. The van der Waals surface area contributed by atoms with Crippen LogP contribution < -0.4 is 4.74 Å². The highest BCUT2D eigenvalue weighted by atomic mass is 16.6. The van der Waals surface area contributed by atoms with Crippen molar-refractivity contribution in [3.8, 4) is 5.75 Å². The van der Waals surface area contributed by atoms with Crippen molar-refractivity contribution >= 4 is 6.09 Å². The first-order valence-corrected chi connectivity index (χ1v) is 11.2. The number of hydrogen-bond donors (Lipinski definition) is 1. The third-order valence-electron chi connectivity index (χ3n) is 8.05. The van der Waals surface area contributed by atoms with Crippen LogP contribution in [0.1, 0.15) is 56.1 Å². The monoisotopic (exact) mass is 400 g/mol. The van der Waals surface area contributed by atoms with Crippen molar-refractivity contribution in [2.45, 2.75) is 57.5 Å². The molecule has 5 heteroatoms. The molecule has 29 heavy (non-hydrogen) atoms. The molecule has 0 heterocycles. The summed E-state index contributed by atoms with van der Waals surface area (Å²) in [6, 6.07) is 6.25. The normalized spacial score (nSPS) is 33.0. The zero-order valence-corrected chi connectivity index (χ0v) is 18.4. The second-order valence-corrected chi connectivity index (χ2v) is 10.0. The molecule has 5 nitrogen and oxygen atoms in total. The zero-order valence-electron chi connectivity index (χ0n) is 18.4. The first kappa shape index (κ1) is 20.7. The van der Waals surface area contributed by atoms with Crippen molar-refractivity contribution in [1.29, 1.82) is 0 Å². The van der Waals surface area contributed by atoms with Gasteiger partial charge >= 0.3 is 6.09 Å². The van der Waals surface area contributed by atoms with Crippen LogP contribution in [0.15, 0.2) is 18.2 Å². The number of carbonyl (C=O) groups excluding carboxylic acids is 1. The molecular weight excluding hydrogens is 364 g/mol. The highest BCUT2D eigenvalue weighted by Crippen LogP contribution is 2.60. The fraction of sp³-hybridized carbons (Fsp3) is 0.708. The van der Waals surface area contributed by atoms with Gasteiger partial charge in [0, 0.05) is 20.1 Å². The van der Waals surface area contributed by atoms with E-state index in [1.165, 1.54) is 24.0 Å². The molecule has 1 aromatic rings. The van der Waals surface area contributed by atoms with Crippen LogP contribution in [0.25, 0.3) is 0 Å². The summed E-state index contributed by atoms with van der Waals surface area (Å²) in [5, 5.41) is 10.5. The first-order valence-electron chi connectivity index (χ1n) is 11.2. The topological polar surface area (TPSA) is 53.0 Å². The number of aliphatic hydroxyl groups is 1. The molecule has 1 amide bonds. The Morgan fingerprint density at radius 2 is 1.97 bits per heavy atom. The van der Waals surface area contributed by atoms with E-state index in [0.717, 1.165) is 32.2 Å². The molecule has 5 unspecified atom stereocenters. The van der Waals surface area contributed by atoms with E-state index >= 15 is 0 Å². The second kappa shape index (κ2) is 7.92. The maximum atomic E-state index is 12.4. The summed E-state index contributed by atoms with van der Waals surface area (Å²) in [4.78, 5) is 16.1. The lowest BCUT2D eigenvalue weighted by molar-refractivity contribution is -0.0226. The lowest BCUT2D eigenvalue weighted by atomic mass is 9.55. The van der Waals surface area contributed by atoms with Gasteiger partial charge in [0.2, 0.25) is 0 Å². The van der Waals surface area contributed by atoms with Gasteiger partial charge in [-0.15, -0.1) is 0 Å². The van der Waals surface area contributed by atoms with Crippen LogP contribution in [0.4, 0.5) is 4.79 Å². The van der Waals surface area contributed by atoms with Gasteiger partial charge in [0.05, 0.1) is 6.10 Å². The van der Waals surface area contributed by atoms with Crippen molar-refractivity contribution in [1.82, 2.24) is 9.80 Å². The highest BCUT2D eigenvalue weighted by molar-refractivity contribution is 5.70. The summed E-state index contributed by atoms with van der Waals surface area (Å²) in [6.45, 7) is 3.77. The van der Waals surface area contributed by atoms with Crippen molar-refractivity contribution in [2.24, 2.45) is 17.3 Å². The number of nitrogens with zero attached hydrogens (tertiary/aromatic N) is 2. The summed E-state index contributed by atoms with van der Waals surface area (Å²) in [5.74, 6) is 2.58. The van der Waals surface area contributed by atoms with Crippen LogP contribution in [0.3, 0.4) is 0 Å². The van der Waals surface area contributed by atoms with Gasteiger partial charge < -0.3 is 19.6 Å². The maximum Gasteiger partial charge on any atom is 0.415 e. The minimum atomic E-state index is -0.297. The number of aliphatic hydroxyl groups excluding tert-OH is 1. The molecule has 3 aliphatic rings. The molecule has 2 saturated carbocycles. The minimum Gasteiger partial charge on any atom is -0.410 e. The van der Waals surface area contributed by atoms with Crippen molar-refractivity contribution in [2.75, 3.05) is 34.2 Å². The van der Waals surface area contributed by atoms with Crippen LogP contribution >= 0.6 is 0 Å². The summed E-state index contributed by atoms with van der Waals surface area (Å²) >= 11 is 0. The molecule has 4 rings (SSSR count). The predicted octanol–water partition coefficient (Wildman–Crippen LogP) is 3.90. The third kappa shape index (κ3) is 3.79. The lowest BCUT2D eigenvalue weighted by Crippen LogP contribution is -2.43. The van der Waals surface area contributed by atoms with E-state index < -0.39 is 0 Å². The van der Waals surface area contributed by atoms with Gasteiger partial charge in [0.1, 0.15) is 5.75 Å². The van der Waals surface area contributed by atoms with Gasteiger partial charge in [0.25, 0.3) is 0 Å². The quantitative estimate of drug-likeness (QED) is 0.833. The number of fused-ring (bicyclic) bond motifs is 5. The number of hydrogen-bond acceptors (Lipinski definition) is 4. The van der Waals surface area contributed by atoms with E-state index in [0.29, 0.717) is 30.0 Å². The number of benzene rings is 1. The Bertz CT molecular complexity index is 764. The zero-order chi connectivity index (χ0) is 20.8. The SMILES string of the molecule is CN(C)CCN(C)C(=O)Oc1ccc2c(c1)CCC1C2CCC2(C)C(O)CCC12. The molecule has 1 aromatic carbocycles. The number of aryl methyl sites for hydroxylation is 1. The fourth-order valence-corrected chi connectivity index (χ4v) is 6.21. The van der Waals surface area contributed by atoms with Crippen LogP contribution in [-0.4, -0.2) is 61.3 Å². The Labute approximate surface area is 175 Å². The maximum absolute atomic E-state index is 12.4. The van der Waals surface area contributed by atoms with Gasteiger partial charge in [-0.2, -0.15) is 0 Å². The number of carbonyl (C=O) groups is 1. The molecule has 0 radical (unpaired) electrons. The largest absolute Gasteiger partial charge is 0.415 e. The van der Waals surface area contributed by atoms with Gasteiger partial charge in [0.15, 0.2) is 0 Å². The van der Waals surface area contributed by atoms with Crippen molar-refractivity contribution < 1.29 is 14.6 Å². The molecule has 0 bridgehead atoms. The molecule has 3 aliphatic carbocycles. The van der Waals surface area contributed by atoms with E-state index in [2.05, 4.69) is 24.0 Å². The Hall–Kier alpha value is -1.59. The average molecular weight is 401 g/mol. The molecule has 160 valence electrons. The van der Waals surface area contributed by atoms with Gasteiger partial charge in [-0.3, -0.25) is 0 Å². The molecule has 0 aliphatic heterocycles. The van der Waals surface area contributed by atoms with Gasteiger partial charge in [-0.25, -0.2) is 4.79 Å². The smallest absolute Gasteiger partial charge is 0.410 e. The van der Waals surface area contributed by atoms with E-state index in [4.69, 9.17) is 4.74 Å². The standard InChI is InChI=1S/C24H36N2O3/c1-24-12-11-19-18-8-6-17(29-23(28)26(4)14-13-25(2)3)15-16(18)5-7-20(19)21(24)9-10-22(24)27/h6,8,15,19-22,27H,5,7,9-14H2,1-4H3. The summed E-state index contributed by atoms with van der Waals surface area (Å²) in [5.41, 5.74) is 2.91. The first-order chi connectivity index (χ1) is 13.8. The molecule has 1 N–H and O–H groups in total. The Morgan fingerprint density at radius 3 is 2.72 bits per heavy atom. The van der Waals surface area contributed by atoms with Crippen LogP contribution in [0, 0.1) is 17.3 Å². The summed E-state index contributed by atoms with van der Waals surface area (Å²) in [7, 11) is 5.77. The number of ether oxygens (including phenoxy) is 1.